The highest BCUT2D eigenvalue weighted by Crippen LogP contribution is 2.12. The van der Waals surface area contributed by atoms with Gasteiger partial charge in [0, 0.05) is 17.7 Å². The van der Waals surface area contributed by atoms with Crippen molar-refractivity contribution >= 4 is 17.6 Å². The molecule has 0 aliphatic carbocycles. The maximum atomic E-state index is 12.7. The Labute approximate surface area is 141 Å². The molecular weight excluding hydrogens is 306 g/mol. The number of nitrogens with one attached hydrogen (secondary N) is 1. The third-order valence-electron chi connectivity index (χ3n) is 3.70. The molecular formula is C18H23N3O3. The van der Waals surface area contributed by atoms with Crippen LogP contribution >= 0.6 is 0 Å². The Kier molecular flexibility index (Phi) is 5.73. The quantitative estimate of drug-likeness (QED) is 0.884. The van der Waals surface area contributed by atoms with Gasteiger partial charge < -0.3 is 14.7 Å². The second-order valence-corrected chi connectivity index (χ2v) is 5.95. The summed E-state index contributed by atoms with van der Waals surface area (Å²) in [7, 11) is 0. The molecule has 128 valence electrons. The molecule has 2 rings (SSSR count). The van der Waals surface area contributed by atoms with Crippen LogP contribution in [0.3, 0.4) is 0 Å². The van der Waals surface area contributed by atoms with Crippen molar-refractivity contribution in [2.75, 3.05) is 11.9 Å². The minimum Gasteiger partial charge on any atom is -0.360 e. The number of carbonyl (C=O) groups is 2. The number of rotatable bonds is 6. The molecule has 2 amide bonds. The van der Waals surface area contributed by atoms with E-state index in [0.717, 1.165) is 6.42 Å². The lowest BCUT2D eigenvalue weighted by Crippen LogP contribution is -2.42. The van der Waals surface area contributed by atoms with Crippen molar-refractivity contribution < 1.29 is 14.1 Å². The fraction of sp³-hybridized carbons (Fsp3) is 0.389. The molecule has 0 saturated heterocycles. The average Bonchev–Trinajstić information content (AvgIpc) is 2.96. The summed E-state index contributed by atoms with van der Waals surface area (Å²) < 4.78 is 4.91. The highest BCUT2D eigenvalue weighted by Gasteiger charge is 2.22. The molecule has 0 fully saturated rings. The van der Waals surface area contributed by atoms with E-state index in [9.17, 15) is 9.59 Å². The smallest absolute Gasteiger partial charge is 0.254 e. The molecule has 1 aromatic heterocycles. The molecule has 6 heteroatoms. The maximum absolute atomic E-state index is 12.7. The van der Waals surface area contributed by atoms with Crippen molar-refractivity contribution in [2.24, 2.45) is 0 Å². The van der Waals surface area contributed by atoms with Crippen LogP contribution < -0.4 is 5.32 Å². The highest BCUT2D eigenvalue weighted by molar-refractivity contribution is 5.99. The summed E-state index contributed by atoms with van der Waals surface area (Å²) in [5, 5.41) is 6.35. The van der Waals surface area contributed by atoms with E-state index in [0.29, 0.717) is 17.1 Å². The Hall–Kier alpha value is -2.63. The normalized spacial score (nSPS) is 10.7. The predicted molar refractivity (Wildman–Crippen MR) is 91.9 cm³/mol. The first kappa shape index (κ1) is 17.7. The molecule has 1 heterocycles. The van der Waals surface area contributed by atoms with Gasteiger partial charge in [0.15, 0.2) is 5.82 Å². The summed E-state index contributed by atoms with van der Waals surface area (Å²) >= 11 is 0. The van der Waals surface area contributed by atoms with Crippen molar-refractivity contribution in [1.82, 2.24) is 10.1 Å². The molecule has 0 atom stereocenters. The van der Waals surface area contributed by atoms with E-state index in [-0.39, 0.29) is 24.4 Å². The molecule has 0 spiro atoms. The van der Waals surface area contributed by atoms with Gasteiger partial charge in [-0.1, -0.05) is 24.2 Å². The Morgan fingerprint density at radius 3 is 2.42 bits per heavy atom. The van der Waals surface area contributed by atoms with Crippen LogP contribution in [0.1, 0.15) is 42.5 Å². The predicted octanol–water partition coefficient (Wildman–Crippen LogP) is 3.03. The second kappa shape index (κ2) is 7.77. The molecule has 24 heavy (non-hydrogen) atoms. The van der Waals surface area contributed by atoms with Crippen molar-refractivity contribution in [3.05, 3.63) is 47.2 Å². The van der Waals surface area contributed by atoms with Gasteiger partial charge in [-0.2, -0.15) is 0 Å². The molecule has 0 saturated carbocycles. The second-order valence-electron chi connectivity index (χ2n) is 5.95. The van der Waals surface area contributed by atoms with Gasteiger partial charge in [-0.05, 0) is 44.9 Å². The van der Waals surface area contributed by atoms with Gasteiger partial charge >= 0.3 is 0 Å². The van der Waals surface area contributed by atoms with Crippen LogP contribution in [-0.4, -0.2) is 34.5 Å². The summed E-state index contributed by atoms with van der Waals surface area (Å²) in [6.45, 7) is 7.52. The van der Waals surface area contributed by atoms with E-state index in [4.69, 9.17) is 4.52 Å². The third kappa shape index (κ3) is 4.44. The monoisotopic (exact) mass is 329 g/mol. The highest BCUT2D eigenvalue weighted by atomic mass is 16.5. The van der Waals surface area contributed by atoms with E-state index >= 15 is 0 Å². The van der Waals surface area contributed by atoms with Gasteiger partial charge in [0.1, 0.15) is 12.3 Å². The van der Waals surface area contributed by atoms with Gasteiger partial charge in [-0.25, -0.2) is 0 Å². The molecule has 0 radical (unpaired) electrons. The first-order valence-corrected chi connectivity index (χ1v) is 8.03. The Bertz CT molecular complexity index is 705. The van der Waals surface area contributed by atoms with Crippen LogP contribution in [0.25, 0.3) is 0 Å². The van der Waals surface area contributed by atoms with Crippen LogP contribution in [-0.2, 0) is 11.2 Å². The van der Waals surface area contributed by atoms with E-state index < -0.39 is 0 Å². The molecule has 0 bridgehead atoms. The lowest BCUT2D eigenvalue weighted by atomic mass is 10.1. The Morgan fingerprint density at radius 2 is 1.92 bits per heavy atom. The zero-order valence-electron chi connectivity index (χ0n) is 14.5. The van der Waals surface area contributed by atoms with Crippen molar-refractivity contribution in [2.45, 2.75) is 40.2 Å². The molecule has 6 nitrogen and oxygen atoms in total. The molecule has 0 aliphatic rings. The molecule has 1 N–H and O–H groups in total. The summed E-state index contributed by atoms with van der Waals surface area (Å²) in [4.78, 5) is 26.4. The van der Waals surface area contributed by atoms with Crippen LogP contribution in [0.15, 0.2) is 34.9 Å². The van der Waals surface area contributed by atoms with Crippen LogP contribution in [0, 0.1) is 6.92 Å². The minimum absolute atomic E-state index is 0.0437. The first-order valence-electron chi connectivity index (χ1n) is 8.03. The maximum Gasteiger partial charge on any atom is 0.254 e. The number of nitrogens with zero attached hydrogens (tertiary/aromatic N) is 2. The van der Waals surface area contributed by atoms with Crippen LogP contribution in [0.2, 0.25) is 0 Å². The Morgan fingerprint density at radius 1 is 1.25 bits per heavy atom. The Balaban J connectivity index is 2.07. The molecule has 0 unspecified atom stereocenters. The zero-order valence-corrected chi connectivity index (χ0v) is 14.5. The number of hydrogen-bond donors (Lipinski definition) is 1. The molecule has 1 aromatic carbocycles. The average molecular weight is 329 g/mol. The fourth-order valence-electron chi connectivity index (χ4n) is 2.30. The van der Waals surface area contributed by atoms with E-state index in [2.05, 4.69) is 17.4 Å². The van der Waals surface area contributed by atoms with Gasteiger partial charge in [-0.3, -0.25) is 9.59 Å². The number of amides is 2. The number of aromatic nitrogens is 1. The number of benzene rings is 1. The fourth-order valence-corrected chi connectivity index (χ4v) is 2.30. The largest absolute Gasteiger partial charge is 0.360 e. The standard InChI is InChI=1S/C18H23N3O3/c1-5-14-6-8-15(9-7-14)18(23)21(12(2)3)11-17(22)19-16-10-13(4)24-20-16/h6-10,12H,5,11H2,1-4H3,(H,19,20,22). The topological polar surface area (TPSA) is 75.4 Å². The molecule has 0 aliphatic heterocycles. The van der Waals surface area contributed by atoms with Gasteiger partial charge in [-0.15, -0.1) is 0 Å². The zero-order chi connectivity index (χ0) is 17.7. The van der Waals surface area contributed by atoms with E-state index in [1.165, 1.54) is 10.5 Å². The third-order valence-corrected chi connectivity index (χ3v) is 3.70. The summed E-state index contributed by atoms with van der Waals surface area (Å²) in [6.07, 6.45) is 0.919. The van der Waals surface area contributed by atoms with Crippen molar-refractivity contribution in [3.63, 3.8) is 0 Å². The summed E-state index contributed by atoms with van der Waals surface area (Å²) in [5.74, 6) is 0.480. The lowest BCUT2D eigenvalue weighted by Gasteiger charge is -2.26. The van der Waals surface area contributed by atoms with Gasteiger partial charge in [0.2, 0.25) is 5.91 Å². The first-order chi connectivity index (χ1) is 11.4. The van der Waals surface area contributed by atoms with Crippen LogP contribution in [0.4, 0.5) is 5.82 Å². The van der Waals surface area contributed by atoms with Crippen LogP contribution in [0.5, 0.6) is 0 Å². The number of anilines is 1. The molecule has 2 aromatic rings. The lowest BCUT2D eigenvalue weighted by molar-refractivity contribution is -0.117. The van der Waals surface area contributed by atoms with Gasteiger partial charge in [0.25, 0.3) is 5.91 Å². The minimum atomic E-state index is -0.310. The van der Waals surface area contributed by atoms with Crippen molar-refractivity contribution in [3.8, 4) is 0 Å². The SMILES string of the molecule is CCc1ccc(C(=O)N(CC(=O)Nc2cc(C)on2)C(C)C)cc1. The number of carbonyl (C=O) groups excluding carboxylic acids is 2. The number of hydrogen-bond acceptors (Lipinski definition) is 4. The van der Waals surface area contributed by atoms with E-state index in [1.807, 2.05) is 26.0 Å². The number of aryl methyl sites for hydroxylation is 2. The van der Waals surface area contributed by atoms with E-state index in [1.54, 1.807) is 25.1 Å². The van der Waals surface area contributed by atoms with Crippen molar-refractivity contribution in [1.29, 1.82) is 0 Å². The van der Waals surface area contributed by atoms with Gasteiger partial charge in [0.05, 0.1) is 0 Å². The summed E-state index contributed by atoms with van der Waals surface area (Å²) in [6, 6.07) is 9.00. The summed E-state index contributed by atoms with van der Waals surface area (Å²) in [5.41, 5.74) is 1.74.